The van der Waals surface area contributed by atoms with Crippen LogP contribution in [0.1, 0.15) is 6.42 Å². The van der Waals surface area contributed by atoms with E-state index in [9.17, 15) is 9.59 Å². The van der Waals surface area contributed by atoms with Gasteiger partial charge in [0.15, 0.2) is 0 Å². The average molecular weight is 399 g/mol. The first-order valence-electron chi connectivity index (χ1n) is 8.42. The molecule has 8 nitrogen and oxygen atoms in total. The van der Waals surface area contributed by atoms with E-state index in [0.29, 0.717) is 32.7 Å². The maximum absolute atomic E-state index is 12.2. The molecule has 0 radical (unpaired) electrons. The predicted molar refractivity (Wildman–Crippen MR) is 97.5 cm³/mol. The van der Waals surface area contributed by atoms with Gasteiger partial charge in [-0.15, -0.1) is 24.8 Å². The maximum Gasteiger partial charge on any atom is 0.239 e. The normalized spacial score (nSPS) is 27.4. The third-order valence-electron chi connectivity index (χ3n) is 4.59. The van der Waals surface area contributed by atoms with Gasteiger partial charge in [-0.2, -0.15) is 0 Å². The molecule has 25 heavy (non-hydrogen) atoms. The fourth-order valence-corrected chi connectivity index (χ4v) is 3.21. The molecule has 3 aliphatic rings. The predicted octanol–water partition coefficient (Wildman–Crippen LogP) is -1.13. The van der Waals surface area contributed by atoms with Crippen LogP contribution < -0.4 is 10.6 Å². The molecule has 0 saturated carbocycles. The summed E-state index contributed by atoms with van der Waals surface area (Å²) in [4.78, 5) is 28.4. The van der Waals surface area contributed by atoms with Crippen molar-refractivity contribution in [2.45, 2.75) is 18.5 Å². The Morgan fingerprint density at radius 2 is 1.92 bits per heavy atom. The summed E-state index contributed by atoms with van der Waals surface area (Å²) in [6.45, 7) is 7.30. The van der Waals surface area contributed by atoms with Gasteiger partial charge in [0.1, 0.15) is 6.04 Å². The molecule has 2 N–H and O–H groups in total. The highest BCUT2D eigenvalue weighted by molar-refractivity contribution is 5.86. The monoisotopic (exact) mass is 398 g/mol. The quantitative estimate of drug-likeness (QED) is 0.609. The van der Waals surface area contributed by atoms with E-state index in [1.165, 1.54) is 0 Å². The van der Waals surface area contributed by atoms with Gasteiger partial charge < -0.3 is 25.0 Å². The average Bonchev–Trinajstić information content (AvgIpc) is 2.94. The number of amides is 2. The van der Waals surface area contributed by atoms with E-state index in [-0.39, 0.29) is 48.7 Å². The van der Waals surface area contributed by atoms with Gasteiger partial charge in [0.25, 0.3) is 0 Å². The molecular weight excluding hydrogens is 371 g/mol. The van der Waals surface area contributed by atoms with Gasteiger partial charge in [-0.3, -0.25) is 14.5 Å². The fourth-order valence-electron chi connectivity index (χ4n) is 3.21. The van der Waals surface area contributed by atoms with Crippen LogP contribution >= 0.6 is 24.8 Å². The summed E-state index contributed by atoms with van der Waals surface area (Å²) in [5.74, 6) is 0.0499. The van der Waals surface area contributed by atoms with E-state index in [1.807, 2.05) is 4.90 Å². The smallest absolute Gasteiger partial charge is 0.239 e. The molecule has 0 bridgehead atoms. The van der Waals surface area contributed by atoms with Crippen molar-refractivity contribution in [3.05, 3.63) is 0 Å². The second kappa shape index (κ2) is 11.2. The third-order valence-corrected chi connectivity index (χ3v) is 4.59. The van der Waals surface area contributed by atoms with Crippen molar-refractivity contribution < 1.29 is 19.1 Å². The highest BCUT2D eigenvalue weighted by Gasteiger charge is 2.32. The molecule has 2 amide bonds. The maximum atomic E-state index is 12.2. The minimum atomic E-state index is -0.304. The van der Waals surface area contributed by atoms with Crippen molar-refractivity contribution in [2.75, 3.05) is 65.7 Å². The van der Waals surface area contributed by atoms with Gasteiger partial charge in [0.05, 0.1) is 32.5 Å². The highest BCUT2D eigenvalue weighted by atomic mass is 35.5. The topological polar surface area (TPSA) is 83.1 Å². The summed E-state index contributed by atoms with van der Waals surface area (Å²) in [5.41, 5.74) is 0. The van der Waals surface area contributed by atoms with Crippen LogP contribution in [0.4, 0.5) is 0 Å². The van der Waals surface area contributed by atoms with Crippen molar-refractivity contribution in [3.8, 4) is 0 Å². The van der Waals surface area contributed by atoms with Crippen molar-refractivity contribution in [3.63, 3.8) is 0 Å². The number of nitrogens with zero attached hydrogens (tertiary/aromatic N) is 2. The molecule has 0 aliphatic carbocycles. The zero-order valence-corrected chi connectivity index (χ0v) is 15.9. The summed E-state index contributed by atoms with van der Waals surface area (Å²) in [5, 5.41) is 6.10. The zero-order valence-electron chi connectivity index (χ0n) is 14.3. The van der Waals surface area contributed by atoms with Crippen LogP contribution in [0.15, 0.2) is 0 Å². The molecule has 3 heterocycles. The lowest BCUT2D eigenvalue weighted by Crippen LogP contribution is -2.53. The van der Waals surface area contributed by atoms with Crippen molar-refractivity contribution in [2.24, 2.45) is 0 Å². The number of hydrogen-bond donors (Lipinski definition) is 2. The largest absolute Gasteiger partial charge is 0.379 e. The zero-order chi connectivity index (χ0) is 16.1. The van der Waals surface area contributed by atoms with Crippen LogP contribution in [0.25, 0.3) is 0 Å². The summed E-state index contributed by atoms with van der Waals surface area (Å²) < 4.78 is 10.6. The van der Waals surface area contributed by atoms with E-state index in [1.54, 1.807) is 0 Å². The SMILES string of the molecule is Cl.Cl.O=C(NC1CC(=O)N(CCN2CCOCC2)C1)C1COCCN1. The van der Waals surface area contributed by atoms with Crippen molar-refractivity contribution >= 4 is 36.6 Å². The standard InChI is InChI=1S/C15H26N4O4.2ClH/c20-14-9-12(17-15(21)13-11-23-6-1-16-13)10-19(14)3-2-18-4-7-22-8-5-18;;/h12-13,16H,1-11H2,(H,17,21);2*1H. The molecule has 3 rings (SSSR count). The lowest BCUT2D eigenvalue weighted by Gasteiger charge is -2.28. The molecule has 0 aromatic rings. The Kier molecular flexibility index (Phi) is 9.99. The molecule has 2 unspecified atom stereocenters. The first-order valence-corrected chi connectivity index (χ1v) is 8.42. The number of ether oxygens (including phenoxy) is 2. The second-order valence-corrected chi connectivity index (χ2v) is 6.29. The molecule has 0 aromatic carbocycles. The van der Waals surface area contributed by atoms with Crippen molar-refractivity contribution in [1.29, 1.82) is 0 Å². The summed E-state index contributed by atoms with van der Waals surface area (Å²) in [7, 11) is 0. The summed E-state index contributed by atoms with van der Waals surface area (Å²) >= 11 is 0. The molecule has 3 aliphatic heterocycles. The minimum absolute atomic E-state index is 0. The first kappa shape index (κ1) is 22.4. The Hall–Kier alpha value is -0.640. The lowest BCUT2D eigenvalue weighted by atomic mass is 10.2. The van der Waals surface area contributed by atoms with E-state index in [0.717, 1.165) is 39.4 Å². The van der Waals surface area contributed by atoms with E-state index in [2.05, 4.69) is 15.5 Å². The van der Waals surface area contributed by atoms with Gasteiger partial charge in [0, 0.05) is 45.7 Å². The van der Waals surface area contributed by atoms with Crippen LogP contribution in [0.3, 0.4) is 0 Å². The number of nitrogens with one attached hydrogen (secondary N) is 2. The highest BCUT2D eigenvalue weighted by Crippen LogP contribution is 2.12. The Bertz CT molecular complexity index is 432. The van der Waals surface area contributed by atoms with Crippen LogP contribution in [0.2, 0.25) is 0 Å². The van der Waals surface area contributed by atoms with E-state index < -0.39 is 0 Å². The Balaban J connectivity index is 0.00000156. The summed E-state index contributed by atoms with van der Waals surface area (Å²) in [6, 6.07) is -0.398. The Morgan fingerprint density at radius 1 is 1.16 bits per heavy atom. The first-order chi connectivity index (χ1) is 11.2. The lowest BCUT2D eigenvalue weighted by molar-refractivity contribution is -0.128. The second-order valence-electron chi connectivity index (χ2n) is 6.29. The Morgan fingerprint density at radius 3 is 2.60 bits per heavy atom. The number of likely N-dealkylation sites (tertiary alicyclic amines) is 1. The number of halogens is 2. The van der Waals surface area contributed by atoms with Crippen molar-refractivity contribution in [1.82, 2.24) is 20.4 Å². The molecule has 3 fully saturated rings. The van der Waals surface area contributed by atoms with Gasteiger partial charge in [-0.05, 0) is 0 Å². The fraction of sp³-hybridized carbons (Fsp3) is 0.867. The van der Waals surface area contributed by atoms with E-state index in [4.69, 9.17) is 9.47 Å². The number of carbonyl (C=O) groups is 2. The third kappa shape index (κ3) is 6.54. The van der Waals surface area contributed by atoms with Crippen LogP contribution in [0, 0.1) is 0 Å². The number of hydrogen-bond acceptors (Lipinski definition) is 6. The number of rotatable bonds is 5. The van der Waals surface area contributed by atoms with Gasteiger partial charge in [-0.1, -0.05) is 0 Å². The summed E-state index contributed by atoms with van der Waals surface area (Å²) in [6.07, 6.45) is 0.391. The van der Waals surface area contributed by atoms with Gasteiger partial charge >= 0.3 is 0 Å². The van der Waals surface area contributed by atoms with Crippen LogP contribution in [0.5, 0.6) is 0 Å². The molecule has 0 aromatic heterocycles. The number of morpholine rings is 2. The van der Waals surface area contributed by atoms with Crippen LogP contribution in [-0.4, -0.2) is 99.4 Å². The van der Waals surface area contributed by atoms with Crippen LogP contribution in [-0.2, 0) is 19.1 Å². The van der Waals surface area contributed by atoms with Gasteiger partial charge in [-0.25, -0.2) is 0 Å². The molecule has 2 atom stereocenters. The molecule has 146 valence electrons. The molecule has 0 spiro atoms. The Labute approximate surface area is 160 Å². The molecule has 3 saturated heterocycles. The molecule has 10 heteroatoms. The van der Waals surface area contributed by atoms with E-state index >= 15 is 0 Å². The number of carbonyl (C=O) groups excluding carboxylic acids is 2. The molecular formula is C15H28Cl2N4O4. The van der Waals surface area contributed by atoms with Gasteiger partial charge in [0.2, 0.25) is 11.8 Å². The minimum Gasteiger partial charge on any atom is -0.379 e.